The van der Waals surface area contributed by atoms with E-state index in [-0.39, 0.29) is 17.7 Å². The molecular weight excluding hydrogens is 518 g/mol. The molecular formula is C33H31N3O5. The maximum absolute atomic E-state index is 13.9. The Morgan fingerprint density at radius 1 is 0.780 bits per heavy atom. The summed E-state index contributed by atoms with van der Waals surface area (Å²) in [4.78, 5) is 31.0. The number of benzene rings is 4. The van der Waals surface area contributed by atoms with Crippen molar-refractivity contribution in [2.24, 2.45) is 0 Å². The molecule has 2 aliphatic rings. The number of carbonyl (C=O) groups excluding carboxylic acids is 2. The molecule has 8 nitrogen and oxygen atoms in total. The fourth-order valence-electron chi connectivity index (χ4n) is 5.48. The highest BCUT2D eigenvalue weighted by molar-refractivity contribution is 6.06. The maximum Gasteiger partial charge on any atom is 0.259 e. The number of rotatable bonds is 6. The van der Waals surface area contributed by atoms with Gasteiger partial charge in [-0.3, -0.25) is 9.59 Å². The zero-order valence-electron chi connectivity index (χ0n) is 23.0. The lowest BCUT2D eigenvalue weighted by Crippen LogP contribution is -2.50. The van der Waals surface area contributed by atoms with Crippen molar-refractivity contribution in [3.63, 3.8) is 0 Å². The van der Waals surface area contributed by atoms with Crippen molar-refractivity contribution >= 4 is 23.2 Å². The Morgan fingerprint density at radius 2 is 1.41 bits per heavy atom. The van der Waals surface area contributed by atoms with Crippen LogP contribution in [0.2, 0.25) is 0 Å². The zero-order valence-corrected chi connectivity index (χ0v) is 23.0. The molecule has 0 unspecified atom stereocenters. The molecule has 2 aliphatic heterocycles. The highest BCUT2D eigenvalue weighted by Gasteiger charge is 2.36. The second kappa shape index (κ2) is 11.3. The van der Waals surface area contributed by atoms with Gasteiger partial charge in [0.05, 0.1) is 25.7 Å². The summed E-state index contributed by atoms with van der Waals surface area (Å²) in [5, 5.41) is 2.93. The molecule has 208 valence electrons. The van der Waals surface area contributed by atoms with Crippen molar-refractivity contribution < 1.29 is 23.8 Å². The van der Waals surface area contributed by atoms with Crippen LogP contribution < -0.4 is 24.4 Å². The minimum Gasteiger partial charge on any atom is -0.497 e. The molecule has 8 heteroatoms. The number of hydrogen-bond donors (Lipinski definition) is 1. The second-order valence-corrected chi connectivity index (χ2v) is 9.99. The van der Waals surface area contributed by atoms with Crippen molar-refractivity contribution in [3.05, 3.63) is 108 Å². The Hall–Kier alpha value is -4.98. The molecule has 0 bridgehead atoms. The number of ether oxygens (including phenoxy) is 3. The number of hydrogen-bond acceptors (Lipinski definition) is 6. The summed E-state index contributed by atoms with van der Waals surface area (Å²) in [6.45, 7) is 2.67. The number of methoxy groups -OCH3 is 2. The van der Waals surface area contributed by atoms with Gasteiger partial charge in [-0.25, -0.2) is 0 Å². The number of amides is 2. The number of piperazine rings is 1. The van der Waals surface area contributed by atoms with Crippen LogP contribution in [-0.4, -0.2) is 57.1 Å². The van der Waals surface area contributed by atoms with Gasteiger partial charge in [-0.2, -0.15) is 0 Å². The summed E-state index contributed by atoms with van der Waals surface area (Å²) in [5.41, 5.74) is 3.96. The number of carbonyl (C=O) groups is 2. The molecule has 1 N–H and O–H groups in total. The molecule has 2 heterocycles. The predicted molar refractivity (Wildman–Crippen MR) is 158 cm³/mol. The minimum atomic E-state index is -0.380. The van der Waals surface area contributed by atoms with Crippen molar-refractivity contribution in [1.82, 2.24) is 4.90 Å². The first-order valence-electron chi connectivity index (χ1n) is 13.6. The number of para-hydroxylation sites is 2. The van der Waals surface area contributed by atoms with Gasteiger partial charge in [-0.05, 0) is 48.5 Å². The smallest absolute Gasteiger partial charge is 0.259 e. The van der Waals surface area contributed by atoms with Gasteiger partial charge < -0.3 is 29.3 Å². The van der Waals surface area contributed by atoms with Crippen molar-refractivity contribution in [3.8, 4) is 23.0 Å². The third-order valence-corrected chi connectivity index (χ3v) is 7.66. The molecule has 4 aromatic rings. The van der Waals surface area contributed by atoms with Gasteiger partial charge in [0.25, 0.3) is 5.91 Å². The molecule has 0 saturated carbocycles. The first-order valence-corrected chi connectivity index (χ1v) is 13.6. The summed E-state index contributed by atoms with van der Waals surface area (Å²) in [6, 6.07) is 28.4. The standard InChI is InChI=1S/C33H31N3O5/c1-39-24-15-16-27(30(21-24)40-2)32(37)34-22-11-13-23(14-12-22)35-17-19-36(20-18-35)33(38)31-25-7-3-5-9-28(25)41-29-10-6-4-8-26(29)31/h3-16,21,31H,17-20H2,1-2H3,(H,34,37). The van der Waals surface area contributed by atoms with Gasteiger partial charge >= 0.3 is 0 Å². The van der Waals surface area contributed by atoms with Gasteiger partial charge in [0.1, 0.15) is 23.0 Å². The van der Waals surface area contributed by atoms with Crippen LogP contribution in [0.4, 0.5) is 11.4 Å². The first kappa shape index (κ1) is 26.3. The molecule has 41 heavy (non-hydrogen) atoms. The highest BCUT2D eigenvalue weighted by Crippen LogP contribution is 2.44. The van der Waals surface area contributed by atoms with E-state index in [1.165, 1.54) is 7.11 Å². The topological polar surface area (TPSA) is 80.3 Å². The number of anilines is 2. The van der Waals surface area contributed by atoms with E-state index in [4.69, 9.17) is 14.2 Å². The summed E-state index contributed by atoms with van der Waals surface area (Å²) in [7, 11) is 3.09. The lowest BCUT2D eigenvalue weighted by molar-refractivity contribution is -0.132. The lowest BCUT2D eigenvalue weighted by atomic mass is 9.86. The largest absolute Gasteiger partial charge is 0.497 e. The average Bonchev–Trinajstić information content (AvgIpc) is 3.03. The van der Waals surface area contributed by atoms with E-state index in [2.05, 4.69) is 10.2 Å². The van der Waals surface area contributed by atoms with Gasteiger partial charge in [-0.1, -0.05) is 36.4 Å². The van der Waals surface area contributed by atoms with Gasteiger partial charge in [-0.15, -0.1) is 0 Å². The minimum absolute atomic E-state index is 0.0971. The van der Waals surface area contributed by atoms with Crippen LogP contribution in [0, 0.1) is 0 Å². The van der Waals surface area contributed by atoms with E-state index < -0.39 is 0 Å². The van der Waals surface area contributed by atoms with Gasteiger partial charge in [0, 0.05) is 54.7 Å². The van der Waals surface area contributed by atoms with Crippen LogP contribution in [0.1, 0.15) is 27.4 Å². The quantitative estimate of drug-likeness (QED) is 0.340. The van der Waals surface area contributed by atoms with Crippen LogP contribution in [0.15, 0.2) is 91.0 Å². The summed E-state index contributed by atoms with van der Waals surface area (Å²) >= 11 is 0. The molecule has 0 radical (unpaired) electrons. The molecule has 0 spiro atoms. The average molecular weight is 550 g/mol. The second-order valence-electron chi connectivity index (χ2n) is 9.99. The van der Waals surface area contributed by atoms with Crippen LogP contribution in [0.3, 0.4) is 0 Å². The fourth-order valence-corrected chi connectivity index (χ4v) is 5.48. The molecule has 6 rings (SSSR count). The Bertz CT molecular complexity index is 1530. The first-order chi connectivity index (χ1) is 20.1. The Kier molecular flexibility index (Phi) is 7.20. The van der Waals surface area contributed by atoms with Crippen LogP contribution >= 0.6 is 0 Å². The zero-order chi connectivity index (χ0) is 28.3. The molecule has 0 atom stereocenters. The third-order valence-electron chi connectivity index (χ3n) is 7.66. The molecule has 0 aromatic heterocycles. The van der Waals surface area contributed by atoms with E-state index in [1.54, 1.807) is 25.3 Å². The monoisotopic (exact) mass is 549 g/mol. The van der Waals surface area contributed by atoms with Crippen LogP contribution in [0.25, 0.3) is 0 Å². The van der Waals surface area contributed by atoms with E-state index in [0.29, 0.717) is 48.9 Å². The van der Waals surface area contributed by atoms with Crippen molar-refractivity contribution in [2.75, 3.05) is 50.6 Å². The predicted octanol–water partition coefficient (Wildman–Crippen LogP) is 5.54. The lowest BCUT2D eigenvalue weighted by Gasteiger charge is -2.38. The van der Waals surface area contributed by atoms with E-state index >= 15 is 0 Å². The van der Waals surface area contributed by atoms with E-state index in [0.717, 1.165) is 28.3 Å². The van der Waals surface area contributed by atoms with Crippen LogP contribution in [-0.2, 0) is 4.79 Å². The summed E-state index contributed by atoms with van der Waals surface area (Å²) in [6.07, 6.45) is 0. The molecule has 1 fully saturated rings. The van der Waals surface area contributed by atoms with E-state index in [1.807, 2.05) is 77.7 Å². The Balaban J connectivity index is 1.10. The fraction of sp³-hybridized carbons (Fsp3) is 0.212. The SMILES string of the molecule is COc1ccc(C(=O)Nc2ccc(N3CCN(C(=O)C4c5ccccc5Oc5ccccc54)CC3)cc2)c(OC)c1. The normalized spacial score (nSPS) is 14.4. The van der Waals surface area contributed by atoms with Crippen molar-refractivity contribution in [2.45, 2.75) is 5.92 Å². The van der Waals surface area contributed by atoms with Gasteiger partial charge in [0.15, 0.2) is 0 Å². The molecule has 0 aliphatic carbocycles. The number of nitrogens with one attached hydrogen (secondary N) is 1. The number of nitrogens with zero attached hydrogens (tertiary/aromatic N) is 2. The Morgan fingerprint density at radius 3 is 2.02 bits per heavy atom. The molecule has 1 saturated heterocycles. The highest BCUT2D eigenvalue weighted by atomic mass is 16.5. The Labute approximate surface area is 239 Å². The molecule has 4 aromatic carbocycles. The van der Waals surface area contributed by atoms with E-state index in [9.17, 15) is 9.59 Å². The summed E-state index contributed by atoms with van der Waals surface area (Å²) < 4.78 is 16.7. The van der Waals surface area contributed by atoms with Crippen molar-refractivity contribution in [1.29, 1.82) is 0 Å². The van der Waals surface area contributed by atoms with Crippen LogP contribution in [0.5, 0.6) is 23.0 Å². The molecule has 2 amide bonds. The number of fused-ring (bicyclic) bond motifs is 2. The summed E-state index contributed by atoms with van der Waals surface area (Å²) in [5.74, 6) is 1.99. The third kappa shape index (κ3) is 5.16. The van der Waals surface area contributed by atoms with Gasteiger partial charge in [0.2, 0.25) is 5.91 Å². The maximum atomic E-state index is 13.9.